The molecular weight excluding hydrogens is 403 g/mol. The van der Waals surface area contributed by atoms with Crippen LogP contribution >= 0.6 is 11.6 Å². The van der Waals surface area contributed by atoms with Crippen molar-refractivity contribution in [3.05, 3.63) is 70.5 Å². The molecule has 2 aromatic carbocycles. The molecule has 30 heavy (non-hydrogen) atoms. The SMILES string of the molecule is O=C(O)C(c1ccc(Cl)cc1)N1CC[C@H](CN2CCC(c3ccc(F)cc3)CC2)C1. The van der Waals surface area contributed by atoms with Crippen molar-refractivity contribution in [3.63, 3.8) is 0 Å². The number of hydrogen-bond acceptors (Lipinski definition) is 3. The number of halogens is 2. The number of benzene rings is 2. The third kappa shape index (κ3) is 5.02. The van der Waals surface area contributed by atoms with Crippen LogP contribution in [0.15, 0.2) is 48.5 Å². The molecule has 2 atom stereocenters. The number of aliphatic carboxylic acids is 1. The molecular formula is C24H28ClFN2O2. The Morgan fingerprint density at radius 3 is 2.33 bits per heavy atom. The zero-order valence-corrected chi connectivity index (χ0v) is 17.8. The van der Waals surface area contributed by atoms with Crippen LogP contribution in [-0.2, 0) is 4.79 Å². The molecule has 1 N–H and O–H groups in total. The van der Waals surface area contributed by atoms with E-state index in [0.29, 0.717) is 16.9 Å². The minimum absolute atomic E-state index is 0.180. The number of carboxylic acids is 1. The summed E-state index contributed by atoms with van der Waals surface area (Å²) in [6, 6.07) is 13.4. The summed E-state index contributed by atoms with van der Waals surface area (Å²) in [6.07, 6.45) is 3.20. The van der Waals surface area contributed by atoms with Crippen LogP contribution in [0, 0.1) is 11.7 Å². The molecule has 4 rings (SSSR count). The summed E-state index contributed by atoms with van der Waals surface area (Å²) in [5.41, 5.74) is 2.02. The largest absolute Gasteiger partial charge is 0.480 e. The van der Waals surface area contributed by atoms with Crippen molar-refractivity contribution >= 4 is 17.6 Å². The predicted octanol–water partition coefficient (Wildman–Crippen LogP) is 4.81. The lowest BCUT2D eigenvalue weighted by Gasteiger charge is -2.34. The minimum atomic E-state index is -0.807. The van der Waals surface area contributed by atoms with Crippen molar-refractivity contribution in [2.75, 3.05) is 32.7 Å². The first kappa shape index (κ1) is 21.3. The van der Waals surface area contributed by atoms with Gasteiger partial charge in [0.25, 0.3) is 0 Å². The van der Waals surface area contributed by atoms with Gasteiger partial charge in [0.15, 0.2) is 0 Å². The third-order valence-electron chi connectivity index (χ3n) is 6.55. The molecule has 4 nitrogen and oxygen atoms in total. The van der Waals surface area contributed by atoms with Gasteiger partial charge in [-0.15, -0.1) is 0 Å². The van der Waals surface area contributed by atoms with E-state index in [4.69, 9.17) is 11.6 Å². The molecule has 0 spiro atoms. The lowest BCUT2D eigenvalue weighted by Crippen LogP contribution is -2.38. The molecule has 1 unspecified atom stereocenters. The normalized spacial score (nSPS) is 22.3. The van der Waals surface area contributed by atoms with Gasteiger partial charge in [0, 0.05) is 18.1 Å². The molecule has 2 saturated heterocycles. The molecule has 0 saturated carbocycles. The summed E-state index contributed by atoms with van der Waals surface area (Å²) in [5, 5.41) is 10.4. The Hall–Kier alpha value is -1.95. The van der Waals surface area contributed by atoms with Crippen molar-refractivity contribution in [3.8, 4) is 0 Å². The second kappa shape index (κ2) is 9.46. The number of carboxylic acid groups (broad SMARTS) is 1. The van der Waals surface area contributed by atoms with Crippen LogP contribution in [0.25, 0.3) is 0 Å². The van der Waals surface area contributed by atoms with Crippen molar-refractivity contribution in [2.45, 2.75) is 31.2 Å². The summed E-state index contributed by atoms with van der Waals surface area (Å²) in [7, 11) is 0. The molecule has 0 bridgehead atoms. The summed E-state index contributed by atoms with van der Waals surface area (Å²) >= 11 is 5.96. The van der Waals surface area contributed by atoms with E-state index in [1.807, 2.05) is 24.3 Å². The Morgan fingerprint density at radius 2 is 1.70 bits per heavy atom. The lowest BCUT2D eigenvalue weighted by atomic mass is 9.89. The van der Waals surface area contributed by atoms with E-state index >= 15 is 0 Å². The molecule has 2 heterocycles. The number of likely N-dealkylation sites (tertiary alicyclic amines) is 2. The average molecular weight is 431 g/mol. The van der Waals surface area contributed by atoms with Gasteiger partial charge in [0.2, 0.25) is 0 Å². The summed E-state index contributed by atoms with van der Waals surface area (Å²) in [6.45, 7) is 4.70. The van der Waals surface area contributed by atoms with Gasteiger partial charge >= 0.3 is 5.97 Å². The van der Waals surface area contributed by atoms with Gasteiger partial charge in [-0.2, -0.15) is 0 Å². The van der Waals surface area contributed by atoms with Gasteiger partial charge in [-0.25, -0.2) is 4.39 Å². The topological polar surface area (TPSA) is 43.8 Å². The maximum atomic E-state index is 13.2. The fourth-order valence-electron chi connectivity index (χ4n) is 4.95. The Bertz CT molecular complexity index is 851. The van der Waals surface area contributed by atoms with Gasteiger partial charge in [-0.3, -0.25) is 9.69 Å². The van der Waals surface area contributed by atoms with Crippen LogP contribution in [0.1, 0.15) is 42.3 Å². The zero-order chi connectivity index (χ0) is 21.1. The number of carbonyl (C=O) groups is 1. The zero-order valence-electron chi connectivity index (χ0n) is 17.0. The molecule has 6 heteroatoms. The first-order valence-electron chi connectivity index (χ1n) is 10.7. The van der Waals surface area contributed by atoms with E-state index in [0.717, 1.165) is 57.5 Å². The molecule has 0 radical (unpaired) electrons. The molecule has 0 aromatic heterocycles. The standard InChI is InChI=1S/C24H28ClFN2O2/c25-21-5-1-20(2-6-21)23(24(29)30)28-14-9-17(16-28)15-27-12-10-19(11-13-27)18-3-7-22(26)8-4-18/h1-8,17,19,23H,9-16H2,(H,29,30)/t17-,23?/m1/s1. The molecule has 2 fully saturated rings. The minimum Gasteiger partial charge on any atom is -0.480 e. The quantitative estimate of drug-likeness (QED) is 0.714. The fourth-order valence-corrected chi connectivity index (χ4v) is 5.08. The van der Waals surface area contributed by atoms with Crippen molar-refractivity contribution in [2.24, 2.45) is 5.92 Å². The van der Waals surface area contributed by atoms with E-state index in [-0.39, 0.29) is 5.82 Å². The third-order valence-corrected chi connectivity index (χ3v) is 6.80. The summed E-state index contributed by atoms with van der Waals surface area (Å²) < 4.78 is 13.2. The first-order chi connectivity index (χ1) is 14.5. The van der Waals surface area contributed by atoms with Gasteiger partial charge in [-0.05, 0) is 86.1 Å². The highest BCUT2D eigenvalue weighted by molar-refractivity contribution is 6.30. The lowest BCUT2D eigenvalue weighted by molar-refractivity contribution is -0.143. The number of nitrogens with zero attached hydrogens (tertiary/aromatic N) is 2. The maximum absolute atomic E-state index is 13.2. The van der Waals surface area contributed by atoms with Gasteiger partial charge in [0.1, 0.15) is 11.9 Å². The van der Waals surface area contributed by atoms with Gasteiger partial charge < -0.3 is 10.0 Å². The Labute approximate surface area is 182 Å². The monoisotopic (exact) mass is 430 g/mol. The number of rotatable bonds is 6. The number of piperidine rings is 1. The second-order valence-corrected chi connectivity index (χ2v) is 9.00. The predicted molar refractivity (Wildman–Crippen MR) is 116 cm³/mol. The molecule has 0 aliphatic carbocycles. The summed E-state index contributed by atoms with van der Waals surface area (Å²) in [5.74, 6) is 0.00284. The highest BCUT2D eigenvalue weighted by Gasteiger charge is 2.34. The molecule has 2 aliphatic rings. The Morgan fingerprint density at radius 1 is 1.03 bits per heavy atom. The van der Waals surface area contributed by atoms with Gasteiger partial charge in [0.05, 0.1) is 0 Å². The highest BCUT2D eigenvalue weighted by Crippen LogP contribution is 2.32. The van der Waals surface area contributed by atoms with Crippen LogP contribution in [0.2, 0.25) is 5.02 Å². The fraction of sp³-hybridized carbons (Fsp3) is 0.458. The molecule has 0 amide bonds. The second-order valence-electron chi connectivity index (χ2n) is 8.57. The summed E-state index contributed by atoms with van der Waals surface area (Å²) in [4.78, 5) is 16.5. The van der Waals surface area contributed by atoms with E-state index in [2.05, 4.69) is 9.80 Å². The Balaban J connectivity index is 1.30. The molecule has 160 valence electrons. The van der Waals surface area contributed by atoms with Crippen molar-refractivity contribution in [1.82, 2.24) is 9.80 Å². The number of hydrogen-bond donors (Lipinski definition) is 1. The van der Waals surface area contributed by atoms with E-state index in [1.54, 1.807) is 24.3 Å². The Kier molecular flexibility index (Phi) is 6.71. The van der Waals surface area contributed by atoms with E-state index in [9.17, 15) is 14.3 Å². The molecule has 2 aromatic rings. The first-order valence-corrected chi connectivity index (χ1v) is 11.1. The van der Waals surface area contributed by atoms with E-state index in [1.165, 1.54) is 5.56 Å². The van der Waals surface area contributed by atoms with Crippen LogP contribution in [0.3, 0.4) is 0 Å². The van der Waals surface area contributed by atoms with Crippen LogP contribution < -0.4 is 0 Å². The van der Waals surface area contributed by atoms with Crippen LogP contribution in [0.4, 0.5) is 4.39 Å². The van der Waals surface area contributed by atoms with E-state index < -0.39 is 12.0 Å². The van der Waals surface area contributed by atoms with Crippen LogP contribution in [0.5, 0.6) is 0 Å². The molecule has 2 aliphatic heterocycles. The highest BCUT2D eigenvalue weighted by atomic mass is 35.5. The van der Waals surface area contributed by atoms with Gasteiger partial charge in [-0.1, -0.05) is 35.9 Å². The van der Waals surface area contributed by atoms with Crippen LogP contribution in [-0.4, -0.2) is 53.6 Å². The van der Waals surface area contributed by atoms with Crippen molar-refractivity contribution in [1.29, 1.82) is 0 Å². The smallest absolute Gasteiger partial charge is 0.325 e. The average Bonchev–Trinajstić information content (AvgIpc) is 3.18. The maximum Gasteiger partial charge on any atom is 0.325 e. The van der Waals surface area contributed by atoms with Crippen molar-refractivity contribution < 1.29 is 14.3 Å².